The third-order valence-corrected chi connectivity index (χ3v) is 3.51. The maximum Gasteiger partial charge on any atom is 0.313 e. The third kappa shape index (κ3) is 3.05. The van der Waals surface area contributed by atoms with E-state index < -0.39 is 5.97 Å². The first-order chi connectivity index (χ1) is 8.69. The minimum absolute atomic E-state index is 0.210. The van der Waals surface area contributed by atoms with Crippen LogP contribution in [0.4, 0.5) is 0 Å². The molecule has 2 rings (SSSR count). The Morgan fingerprint density at radius 2 is 2.11 bits per heavy atom. The number of fused-ring (bicyclic) bond motifs is 1. The molecule has 1 aromatic heterocycles. The van der Waals surface area contributed by atoms with Crippen molar-refractivity contribution in [3.05, 3.63) is 41.3 Å². The van der Waals surface area contributed by atoms with E-state index in [-0.39, 0.29) is 12.2 Å². The van der Waals surface area contributed by atoms with Crippen LogP contribution in [0.15, 0.2) is 36.4 Å². The zero-order valence-corrected chi connectivity index (χ0v) is 10.7. The summed E-state index contributed by atoms with van der Waals surface area (Å²) in [6, 6.07) is 10.0. The van der Waals surface area contributed by atoms with Gasteiger partial charge in [0.1, 0.15) is 6.42 Å². The van der Waals surface area contributed by atoms with Gasteiger partial charge in [-0.2, -0.15) is 0 Å². The van der Waals surface area contributed by atoms with Crippen LogP contribution in [0, 0.1) is 0 Å². The quantitative estimate of drug-likeness (QED) is 0.482. The minimum atomic E-state index is -0.513. The molecule has 18 heavy (non-hydrogen) atoms. The van der Waals surface area contributed by atoms with Gasteiger partial charge >= 0.3 is 5.97 Å². The average Bonchev–Trinajstić information content (AvgIpc) is 2.79. The summed E-state index contributed by atoms with van der Waals surface area (Å²) in [6.07, 6.45) is 2.94. The lowest BCUT2D eigenvalue weighted by molar-refractivity contribution is -0.142. The van der Waals surface area contributed by atoms with E-state index in [1.165, 1.54) is 17.9 Å². The van der Waals surface area contributed by atoms with Crippen LogP contribution >= 0.6 is 11.3 Å². The molecule has 1 aromatic carbocycles. The van der Waals surface area contributed by atoms with E-state index in [1.807, 2.05) is 30.3 Å². The van der Waals surface area contributed by atoms with Gasteiger partial charge in [-0.25, -0.2) is 0 Å². The largest absolute Gasteiger partial charge is 0.469 e. The van der Waals surface area contributed by atoms with E-state index in [0.717, 1.165) is 10.3 Å². The fraction of sp³-hybridized carbons (Fsp3) is 0.143. The van der Waals surface area contributed by atoms with Crippen LogP contribution in [0.25, 0.3) is 16.2 Å². The van der Waals surface area contributed by atoms with Crippen molar-refractivity contribution in [2.24, 2.45) is 0 Å². The Bertz CT molecular complexity index is 577. The molecule has 0 amide bonds. The number of hydrogen-bond acceptors (Lipinski definition) is 4. The first-order valence-corrected chi connectivity index (χ1v) is 6.27. The van der Waals surface area contributed by atoms with Gasteiger partial charge in [0.05, 0.1) is 7.11 Å². The van der Waals surface area contributed by atoms with E-state index in [9.17, 15) is 9.59 Å². The van der Waals surface area contributed by atoms with Gasteiger partial charge in [-0.15, -0.1) is 11.3 Å². The summed E-state index contributed by atoms with van der Waals surface area (Å²) in [5, 5.41) is 1.16. The third-order valence-electron chi connectivity index (χ3n) is 2.42. The van der Waals surface area contributed by atoms with Crippen LogP contribution in [-0.2, 0) is 14.3 Å². The van der Waals surface area contributed by atoms with Gasteiger partial charge in [0.15, 0.2) is 5.78 Å². The molecular formula is C14H12O3S. The number of ketones is 1. The van der Waals surface area contributed by atoms with Crippen molar-refractivity contribution in [2.75, 3.05) is 7.11 Å². The van der Waals surface area contributed by atoms with Crippen LogP contribution in [0.1, 0.15) is 11.3 Å². The molecule has 0 saturated heterocycles. The second kappa shape index (κ2) is 5.60. The zero-order chi connectivity index (χ0) is 13.0. The van der Waals surface area contributed by atoms with Crippen LogP contribution in [0.3, 0.4) is 0 Å². The van der Waals surface area contributed by atoms with Crippen molar-refractivity contribution in [2.45, 2.75) is 6.42 Å². The molecule has 1 heterocycles. The highest BCUT2D eigenvalue weighted by Gasteiger charge is 2.06. The summed E-state index contributed by atoms with van der Waals surface area (Å²) in [7, 11) is 1.27. The number of carbonyl (C=O) groups is 2. The maximum absolute atomic E-state index is 11.4. The number of esters is 1. The van der Waals surface area contributed by atoms with Gasteiger partial charge < -0.3 is 4.74 Å². The molecule has 3 nitrogen and oxygen atoms in total. The second-order valence-electron chi connectivity index (χ2n) is 3.74. The second-order valence-corrected chi connectivity index (χ2v) is 4.85. The number of methoxy groups -OCH3 is 1. The Balaban J connectivity index is 2.08. The molecule has 4 heteroatoms. The van der Waals surface area contributed by atoms with Crippen molar-refractivity contribution in [3.8, 4) is 0 Å². The van der Waals surface area contributed by atoms with E-state index >= 15 is 0 Å². The Kier molecular flexibility index (Phi) is 3.89. The molecule has 2 aromatic rings. The van der Waals surface area contributed by atoms with E-state index in [1.54, 1.807) is 17.4 Å². The standard InChI is InChI=1S/C14H12O3S/c1-17-14(16)9-11(15)6-7-12-8-10-4-2-3-5-13(10)18-12/h2-8H,9H2,1H3. The minimum Gasteiger partial charge on any atom is -0.469 e. The Morgan fingerprint density at radius 1 is 1.33 bits per heavy atom. The molecule has 0 saturated carbocycles. The topological polar surface area (TPSA) is 43.4 Å². The molecule has 0 aliphatic rings. The van der Waals surface area contributed by atoms with Gasteiger partial charge in [0.2, 0.25) is 0 Å². The smallest absolute Gasteiger partial charge is 0.313 e. The van der Waals surface area contributed by atoms with Gasteiger partial charge in [-0.3, -0.25) is 9.59 Å². The number of ether oxygens (including phenoxy) is 1. The first kappa shape index (κ1) is 12.5. The SMILES string of the molecule is COC(=O)CC(=O)C=Cc1cc2ccccc2s1. The summed E-state index contributed by atoms with van der Waals surface area (Å²) < 4.78 is 5.61. The zero-order valence-electron chi connectivity index (χ0n) is 9.88. The summed E-state index contributed by atoms with van der Waals surface area (Å²) in [4.78, 5) is 23.3. The summed E-state index contributed by atoms with van der Waals surface area (Å²) in [6.45, 7) is 0. The molecule has 0 radical (unpaired) electrons. The number of carbonyl (C=O) groups excluding carboxylic acids is 2. The number of thiophene rings is 1. The van der Waals surface area contributed by atoms with Gasteiger partial charge in [0.25, 0.3) is 0 Å². The molecule has 0 N–H and O–H groups in total. The lowest BCUT2D eigenvalue weighted by Crippen LogP contribution is -2.06. The summed E-state index contributed by atoms with van der Waals surface area (Å²) in [5.41, 5.74) is 0. The molecular weight excluding hydrogens is 248 g/mol. The van der Waals surface area contributed by atoms with Crippen LogP contribution in [-0.4, -0.2) is 18.9 Å². The first-order valence-electron chi connectivity index (χ1n) is 5.45. The molecule has 0 aliphatic heterocycles. The normalized spacial score (nSPS) is 10.9. The van der Waals surface area contributed by atoms with Crippen molar-refractivity contribution < 1.29 is 14.3 Å². The molecule has 0 spiro atoms. The molecule has 0 aliphatic carbocycles. The van der Waals surface area contributed by atoms with Crippen molar-refractivity contribution >= 4 is 39.3 Å². The van der Waals surface area contributed by atoms with Crippen LogP contribution in [0.5, 0.6) is 0 Å². The Morgan fingerprint density at radius 3 is 2.83 bits per heavy atom. The fourth-order valence-corrected chi connectivity index (χ4v) is 2.50. The lowest BCUT2D eigenvalue weighted by atomic mass is 10.2. The number of rotatable bonds is 4. The van der Waals surface area contributed by atoms with Gasteiger partial charge in [0, 0.05) is 9.58 Å². The lowest BCUT2D eigenvalue weighted by Gasteiger charge is -1.93. The molecule has 92 valence electrons. The van der Waals surface area contributed by atoms with Crippen molar-refractivity contribution in [1.29, 1.82) is 0 Å². The van der Waals surface area contributed by atoms with Crippen LogP contribution < -0.4 is 0 Å². The number of hydrogen-bond donors (Lipinski definition) is 0. The van der Waals surface area contributed by atoms with E-state index in [0.29, 0.717) is 0 Å². The number of allylic oxidation sites excluding steroid dienone is 1. The Hall–Kier alpha value is -1.94. The maximum atomic E-state index is 11.4. The van der Waals surface area contributed by atoms with E-state index in [4.69, 9.17) is 0 Å². The average molecular weight is 260 g/mol. The summed E-state index contributed by atoms with van der Waals surface area (Å²) in [5.74, 6) is -0.764. The molecule has 0 bridgehead atoms. The predicted octanol–water partition coefficient (Wildman–Crippen LogP) is 3.05. The molecule has 0 atom stereocenters. The number of benzene rings is 1. The molecule has 0 unspecified atom stereocenters. The predicted molar refractivity (Wildman–Crippen MR) is 72.5 cm³/mol. The van der Waals surface area contributed by atoms with Gasteiger partial charge in [-0.05, 0) is 29.7 Å². The molecule has 0 fully saturated rings. The van der Waals surface area contributed by atoms with E-state index in [2.05, 4.69) is 4.74 Å². The highest BCUT2D eigenvalue weighted by Crippen LogP contribution is 2.26. The summed E-state index contributed by atoms with van der Waals surface area (Å²) >= 11 is 1.61. The highest BCUT2D eigenvalue weighted by molar-refractivity contribution is 7.19. The fourth-order valence-electron chi connectivity index (χ4n) is 1.53. The Labute approximate surface area is 109 Å². The highest BCUT2D eigenvalue weighted by atomic mass is 32.1. The van der Waals surface area contributed by atoms with Crippen molar-refractivity contribution in [1.82, 2.24) is 0 Å². The van der Waals surface area contributed by atoms with Crippen LogP contribution in [0.2, 0.25) is 0 Å². The van der Waals surface area contributed by atoms with Crippen molar-refractivity contribution in [3.63, 3.8) is 0 Å². The van der Waals surface area contributed by atoms with Gasteiger partial charge in [-0.1, -0.05) is 18.2 Å². The monoisotopic (exact) mass is 260 g/mol.